The normalized spacial score (nSPS) is 9.65. The Balaban J connectivity index is 2.19. The number of terminal acetylenes is 1. The van der Waals surface area contributed by atoms with Gasteiger partial charge in [0.25, 0.3) is 0 Å². The van der Waals surface area contributed by atoms with Gasteiger partial charge in [-0.1, -0.05) is 18.1 Å². The number of hydrogen-bond acceptors (Lipinski definition) is 2. The summed E-state index contributed by atoms with van der Waals surface area (Å²) < 4.78 is 18.3. The standard InChI is InChI=1S/C14H9FNO/c1-2-5-12-7-4-9-14(16-12)17-13-8-3-6-11(15)10-13/h1,3-10H. The van der Waals surface area contributed by atoms with Gasteiger partial charge in [0.1, 0.15) is 11.6 Å². The summed E-state index contributed by atoms with van der Waals surface area (Å²) in [7, 11) is 0. The molecule has 1 aromatic carbocycles. The molecule has 0 saturated heterocycles. The van der Waals surface area contributed by atoms with Crippen molar-refractivity contribution >= 4 is 0 Å². The number of nitrogens with zero attached hydrogens (tertiary/aromatic N) is 1. The summed E-state index contributed by atoms with van der Waals surface area (Å²) in [6.07, 6.45) is 6.67. The number of hydrogen-bond donors (Lipinski definition) is 0. The quantitative estimate of drug-likeness (QED) is 0.750. The monoisotopic (exact) mass is 226 g/mol. The zero-order chi connectivity index (χ0) is 12.1. The van der Waals surface area contributed by atoms with Crippen molar-refractivity contribution in [2.75, 3.05) is 0 Å². The van der Waals surface area contributed by atoms with Crippen LogP contribution in [0.25, 0.3) is 0 Å². The number of benzene rings is 1. The third-order valence-corrected chi connectivity index (χ3v) is 1.99. The summed E-state index contributed by atoms with van der Waals surface area (Å²) in [5, 5.41) is 0. The van der Waals surface area contributed by atoms with E-state index in [-0.39, 0.29) is 5.82 Å². The van der Waals surface area contributed by atoms with Gasteiger partial charge >= 0.3 is 0 Å². The Labute approximate surface area is 99.1 Å². The maximum atomic E-state index is 12.9. The molecule has 0 amide bonds. The molecule has 83 valence electrons. The fourth-order valence-corrected chi connectivity index (χ4v) is 1.30. The first-order chi connectivity index (χ1) is 8.28. The number of pyridine rings is 1. The van der Waals surface area contributed by atoms with E-state index in [1.54, 1.807) is 30.3 Å². The lowest BCUT2D eigenvalue weighted by Gasteiger charge is -2.05. The van der Waals surface area contributed by atoms with E-state index in [4.69, 9.17) is 11.2 Å². The molecular formula is C14H9FNO. The summed E-state index contributed by atoms with van der Waals surface area (Å²) in [4.78, 5) is 4.14. The molecule has 1 radical (unpaired) electrons. The molecule has 0 aliphatic heterocycles. The summed E-state index contributed by atoms with van der Waals surface area (Å²) >= 11 is 0. The minimum atomic E-state index is -0.353. The molecule has 0 fully saturated rings. The molecule has 2 nitrogen and oxygen atoms in total. The molecule has 0 bridgehead atoms. The first kappa shape index (κ1) is 11.2. The van der Waals surface area contributed by atoms with Gasteiger partial charge in [0, 0.05) is 12.1 Å². The Morgan fingerprint density at radius 1 is 1.24 bits per heavy atom. The SMILES string of the molecule is C#C[CH]c1cccc(Oc2cccc(F)c2)n1. The molecule has 0 aliphatic rings. The topological polar surface area (TPSA) is 22.1 Å². The van der Waals surface area contributed by atoms with Crippen molar-refractivity contribution in [1.29, 1.82) is 0 Å². The second kappa shape index (κ2) is 5.13. The Hall–Kier alpha value is -2.34. The van der Waals surface area contributed by atoms with Crippen molar-refractivity contribution < 1.29 is 9.13 Å². The third-order valence-electron chi connectivity index (χ3n) is 1.99. The Kier molecular flexibility index (Phi) is 3.37. The molecule has 2 aromatic rings. The van der Waals surface area contributed by atoms with Gasteiger partial charge in [-0.2, -0.15) is 0 Å². The zero-order valence-electron chi connectivity index (χ0n) is 8.93. The molecule has 3 heteroatoms. The molecule has 1 heterocycles. The van der Waals surface area contributed by atoms with Crippen molar-refractivity contribution in [3.63, 3.8) is 0 Å². The van der Waals surface area contributed by atoms with Gasteiger partial charge in [0.15, 0.2) is 0 Å². The molecule has 0 aliphatic carbocycles. The highest BCUT2D eigenvalue weighted by molar-refractivity contribution is 5.31. The van der Waals surface area contributed by atoms with Gasteiger partial charge in [-0.3, -0.25) is 0 Å². The van der Waals surface area contributed by atoms with Crippen LogP contribution in [-0.2, 0) is 0 Å². The van der Waals surface area contributed by atoms with E-state index in [0.717, 1.165) is 0 Å². The number of halogens is 1. The summed E-state index contributed by atoms with van der Waals surface area (Å²) in [6, 6.07) is 11.1. The fraction of sp³-hybridized carbons (Fsp3) is 0. The molecule has 0 spiro atoms. The highest BCUT2D eigenvalue weighted by Crippen LogP contribution is 2.20. The Morgan fingerprint density at radius 3 is 2.82 bits per heavy atom. The molecule has 17 heavy (non-hydrogen) atoms. The second-order valence-electron chi connectivity index (χ2n) is 3.27. The molecule has 2 rings (SSSR count). The van der Waals surface area contributed by atoms with Gasteiger partial charge in [-0.05, 0) is 18.2 Å². The van der Waals surface area contributed by atoms with Crippen molar-refractivity contribution in [1.82, 2.24) is 4.98 Å². The second-order valence-corrected chi connectivity index (χ2v) is 3.27. The average Bonchev–Trinajstić information content (AvgIpc) is 2.30. The predicted octanol–water partition coefficient (Wildman–Crippen LogP) is 3.20. The summed E-state index contributed by atoms with van der Waals surface area (Å²) in [6.45, 7) is 0. The first-order valence-electron chi connectivity index (χ1n) is 4.98. The van der Waals surface area contributed by atoms with Gasteiger partial charge in [-0.15, -0.1) is 6.42 Å². The minimum absolute atomic E-state index is 0.353. The highest BCUT2D eigenvalue weighted by Gasteiger charge is 2.01. The van der Waals surface area contributed by atoms with Crippen molar-refractivity contribution in [3.05, 3.63) is 60.4 Å². The molecular weight excluding hydrogens is 217 g/mol. The minimum Gasteiger partial charge on any atom is -0.439 e. The highest BCUT2D eigenvalue weighted by atomic mass is 19.1. The summed E-state index contributed by atoms with van der Waals surface area (Å²) in [5.74, 6) is 2.80. The van der Waals surface area contributed by atoms with Crippen molar-refractivity contribution in [3.8, 4) is 24.0 Å². The Bertz CT molecular complexity index is 560. The number of rotatable bonds is 3. The van der Waals surface area contributed by atoms with E-state index in [9.17, 15) is 4.39 Å². The van der Waals surface area contributed by atoms with Crippen LogP contribution in [0.4, 0.5) is 4.39 Å². The van der Waals surface area contributed by atoms with Crippen LogP contribution in [0.5, 0.6) is 11.6 Å². The van der Waals surface area contributed by atoms with E-state index in [1.165, 1.54) is 18.6 Å². The van der Waals surface area contributed by atoms with Crippen molar-refractivity contribution in [2.24, 2.45) is 0 Å². The molecule has 0 saturated carbocycles. The third kappa shape index (κ3) is 3.05. The van der Waals surface area contributed by atoms with Crippen LogP contribution in [0, 0.1) is 24.6 Å². The number of ether oxygens (including phenoxy) is 1. The van der Waals surface area contributed by atoms with E-state index in [0.29, 0.717) is 17.3 Å². The van der Waals surface area contributed by atoms with Gasteiger partial charge in [0.2, 0.25) is 5.88 Å². The molecule has 0 atom stereocenters. The first-order valence-corrected chi connectivity index (χ1v) is 4.98. The van der Waals surface area contributed by atoms with Crippen LogP contribution in [-0.4, -0.2) is 4.98 Å². The van der Waals surface area contributed by atoms with E-state index in [2.05, 4.69) is 10.9 Å². The van der Waals surface area contributed by atoms with Crippen LogP contribution in [0.3, 0.4) is 0 Å². The van der Waals surface area contributed by atoms with Crippen LogP contribution < -0.4 is 4.74 Å². The zero-order valence-corrected chi connectivity index (χ0v) is 8.93. The van der Waals surface area contributed by atoms with E-state index < -0.39 is 0 Å². The lowest BCUT2D eigenvalue weighted by molar-refractivity contribution is 0.457. The van der Waals surface area contributed by atoms with E-state index in [1.807, 2.05) is 0 Å². The number of aromatic nitrogens is 1. The van der Waals surface area contributed by atoms with Gasteiger partial charge < -0.3 is 4.74 Å². The van der Waals surface area contributed by atoms with Crippen molar-refractivity contribution in [2.45, 2.75) is 0 Å². The smallest absolute Gasteiger partial charge is 0.219 e. The van der Waals surface area contributed by atoms with Gasteiger partial charge in [-0.25, -0.2) is 9.37 Å². The maximum Gasteiger partial charge on any atom is 0.219 e. The lowest BCUT2D eigenvalue weighted by Crippen LogP contribution is -1.91. The van der Waals surface area contributed by atoms with Gasteiger partial charge in [0.05, 0.1) is 12.1 Å². The largest absolute Gasteiger partial charge is 0.439 e. The fourth-order valence-electron chi connectivity index (χ4n) is 1.30. The van der Waals surface area contributed by atoms with Crippen LogP contribution in [0.2, 0.25) is 0 Å². The average molecular weight is 226 g/mol. The molecule has 1 aromatic heterocycles. The lowest BCUT2D eigenvalue weighted by atomic mass is 10.3. The predicted molar refractivity (Wildman–Crippen MR) is 62.9 cm³/mol. The maximum absolute atomic E-state index is 12.9. The molecule has 0 N–H and O–H groups in total. The molecule has 0 unspecified atom stereocenters. The van der Waals surface area contributed by atoms with Crippen LogP contribution in [0.15, 0.2) is 42.5 Å². The summed E-state index contributed by atoms with van der Waals surface area (Å²) in [5.41, 5.74) is 0.626. The van der Waals surface area contributed by atoms with E-state index >= 15 is 0 Å². The van der Waals surface area contributed by atoms with Crippen LogP contribution >= 0.6 is 0 Å². The van der Waals surface area contributed by atoms with Crippen LogP contribution in [0.1, 0.15) is 5.69 Å². The Morgan fingerprint density at radius 2 is 2.06 bits per heavy atom.